The number of aliphatic imine (C=N–C) groups is 1. The van der Waals surface area contributed by atoms with Crippen LogP contribution in [0.3, 0.4) is 0 Å². The maximum Gasteiger partial charge on any atom is 0.193 e. The van der Waals surface area contributed by atoms with Crippen LogP contribution in [0.2, 0.25) is 0 Å². The van der Waals surface area contributed by atoms with Gasteiger partial charge in [-0.15, -0.1) is 0 Å². The van der Waals surface area contributed by atoms with E-state index >= 15 is 0 Å². The number of hydrogen-bond acceptors (Lipinski definition) is 3. The fourth-order valence-electron chi connectivity index (χ4n) is 2.86. The van der Waals surface area contributed by atoms with Crippen molar-refractivity contribution in [3.8, 4) is 0 Å². The van der Waals surface area contributed by atoms with E-state index in [0.29, 0.717) is 0 Å². The number of guanidine groups is 1. The summed E-state index contributed by atoms with van der Waals surface area (Å²) < 4.78 is 2.06. The first-order chi connectivity index (χ1) is 11.4. The minimum absolute atomic E-state index is 0.849. The summed E-state index contributed by atoms with van der Waals surface area (Å²) in [6.45, 7) is 5.75. The molecule has 1 aliphatic rings. The molecule has 0 amide bonds. The molecule has 0 atom stereocenters. The van der Waals surface area contributed by atoms with E-state index in [1.54, 1.807) is 6.20 Å². The summed E-state index contributed by atoms with van der Waals surface area (Å²) in [4.78, 5) is 13.2. The lowest BCUT2D eigenvalue weighted by molar-refractivity contribution is 0.372. The zero-order valence-corrected chi connectivity index (χ0v) is 13.6. The maximum atomic E-state index is 4.42. The average Bonchev–Trinajstić information content (AvgIpc) is 3.13. The molecule has 122 valence electrons. The number of para-hydroxylation sites is 1. The van der Waals surface area contributed by atoms with Crippen molar-refractivity contribution in [3.05, 3.63) is 49.1 Å². The molecule has 0 spiro atoms. The van der Waals surface area contributed by atoms with Crippen LogP contribution in [-0.4, -0.2) is 60.2 Å². The largest absolute Gasteiger partial charge is 0.368 e. The van der Waals surface area contributed by atoms with Gasteiger partial charge in [0, 0.05) is 64.4 Å². The topological polar surface area (TPSA) is 48.7 Å². The highest BCUT2D eigenvalue weighted by Crippen LogP contribution is 2.15. The molecule has 6 nitrogen and oxygen atoms in total. The number of aromatic nitrogens is 2. The Labute approximate surface area is 137 Å². The summed E-state index contributed by atoms with van der Waals surface area (Å²) in [6, 6.07) is 10.6. The molecular weight excluding hydrogens is 288 g/mol. The van der Waals surface area contributed by atoms with Gasteiger partial charge in [0.15, 0.2) is 5.96 Å². The number of benzene rings is 1. The number of hydrogen-bond donors (Lipinski definition) is 1. The minimum Gasteiger partial charge on any atom is -0.368 e. The third kappa shape index (κ3) is 4.03. The monoisotopic (exact) mass is 312 g/mol. The van der Waals surface area contributed by atoms with Crippen LogP contribution >= 0.6 is 0 Å². The predicted octanol–water partition coefficient (Wildman–Crippen LogP) is 1.28. The Balaban J connectivity index is 1.47. The summed E-state index contributed by atoms with van der Waals surface area (Å²) >= 11 is 0. The lowest BCUT2D eigenvalue weighted by Crippen LogP contribution is -2.52. The van der Waals surface area contributed by atoms with Crippen molar-refractivity contribution < 1.29 is 0 Å². The number of piperazine rings is 1. The van der Waals surface area contributed by atoms with E-state index in [-0.39, 0.29) is 0 Å². The molecule has 1 fully saturated rings. The summed E-state index contributed by atoms with van der Waals surface area (Å²) in [5.74, 6) is 0.984. The van der Waals surface area contributed by atoms with Crippen LogP contribution in [0.25, 0.3) is 0 Å². The van der Waals surface area contributed by atoms with Crippen LogP contribution in [0.15, 0.2) is 54.0 Å². The minimum atomic E-state index is 0.849. The number of rotatable bonds is 4. The van der Waals surface area contributed by atoms with E-state index in [1.807, 2.05) is 19.6 Å². The van der Waals surface area contributed by atoms with E-state index in [1.165, 1.54) is 5.69 Å². The molecule has 0 unspecified atom stereocenters. The second-order valence-corrected chi connectivity index (χ2v) is 5.58. The molecule has 1 aromatic carbocycles. The molecule has 3 rings (SSSR count). The molecule has 1 saturated heterocycles. The Morgan fingerprint density at radius 2 is 1.96 bits per heavy atom. The number of anilines is 1. The smallest absolute Gasteiger partial charge is 0.193 e. The summed E-state index contributed by atoms with van der Waals surface area (Å²) in [5, 5.41) is 3.44. The fraction of sp³-hybridized carbons (Fsp3) is 0.412. The summed E-state index contributed by atoms with van der Waals surface area (Å²) in [6.07, 6.45) is 5.61. The number of nitrogens with one attached hydrogen (secondary N) is 1. The molecular formula is C17H24N6. The van der Waals surface area contributed by atoms with Crippen LogP contribution in [0, 0.1) is 0 Å². The second kappa shape index (κ2) is 7.67. The van der Waals surface area contributed by atoms with Crippen molar-refractivity contribution in [1.82, 2.24) is 19.8 Å². The third-order valence-electron chi connectivity index (χ3n) is 4.12. The first kappa shape index (κ1) is 15.4. The lowest BCUT2D eigenvalue weighted by Gasteiger charge is -2.37. The van der Waals surface area contributed by atoms with Crippen molar-refractivity contribution in [2.45, 2.75) is 6.54 Å². The SMILES string of the molecule is CN=C(NCCn1ccnc1)N1CCN(c2ccccc2)CC1. The van der Waals surface area contributed by atoms with Crippen molar-refractivity contribution in [2.75, 3.05) is 44.7 Å². The molecule has 1 aromatic heterocycles. The van der Waals surface area contributed by atoms with E-state index in [2.05, 4.69) is 60.0 Å². The predicted molar refractivity (Wildman–Crippen MR) is 93.8 cm³/mol. The molecule has 23 heavy (non-hydrogen) atoms. The van der Waals surface area contributed by atoms with Gasteiger partial charge in [0.05, 0.1) is 6.33 Å². The average molecular weight is 312 g/mol. The molecule has 0 aliphatic carbocycles. The van der Waals surface area contributed by atoms with Crippen LogP contribution in [0.5, 0.6) is 0 Å². The molecule has 2 heterocycles. The van der Waals surface area contributed by atoms with Gasteiger partial charge in [-0.05, 0) is 12.1 Å². The Morgan fingerprint density at radius 3 is 2.61 bits per heavy atom. The van der Waals surface area contributed by atoms with Gasteiger partial charge in [0.25, 0.3) is 0 Å². The number of imidazole rings is 1. The lowest BCUT2D eigenvalue weighted by atomic mass is 10.2. The quantitative estimate of drug-likeness (QED) is 0.682. The highest BCUT2D eigenvalue weighted by atomic mass is 15.3. The van der Waals surface area contributed by atoms with Crippen molar-refractivity contribution in [3.63, 3.8) is 0 Å². The molecule has 1 aliphatic heterocycles. The highest BCUT2D eigenvalue weighted by Gasteiger charge is 2.19. The van der Waals surface area contributed by atoms with Crippen LogP contribution in [0.4, 0.5) is 5.69 Å². The first-order valence-corrected chi connectivity index (χ1v) is 8.08. The highest BCUT2D eigenvalue weighted by molar-refractivity contribution is 5.80. The van der Waals surface area contributed by atoms with E-state index in [4.69, 9.17) is 0 Å². The fourth-order valence-corrected chi connectivity index (χ4v) is 2.86. The molecule has 0 saturated carbocycles. The van der Waals surface area contributed by atoms with Gasteiger partial charge < -0.3 is 19.7 Å². The molecule has 0 bridgehead atoms. The Hall–Kier alpha value is -2.50. The molecule has 1 N–H and O–H groups in total. The van der Waals surface area contributed by atoms with Gasteiger partial charge in [0.1, 0.15) is 0 Å². The van der Waals surface area contributed by atoms with Crippen LogP contribution in [0.1, 0.15) is 0 Å². The Morgan fingerprint density at radius 1 is 1.17 bits per heavy atom. The van der Waals surface area contributed by atoms with Crippen molar-refractivity contribution in [1.29, 1.82) is 0 Å². The van der Waals surface area contributed by atoms with Gasteiger partial charge in [-0.3, -0.25) is 4.99 Å². The maximum absolute atomic E-state index is 4.42. The Bertz CT molecular complexity index is 599. The van der Waals surface area contributed by atoms with Gasteiger partial charge in [-0.25, -0.2) is 4.98 Å². The first-order valence-electron chi connectivity index (χ1n) is 8.08. The zero-order chi connectivity index (χ0) is 15.9. The van der Waals surface area contributed by atoms with E-state index in [0.717, 1.165) is 45.2 Å². The Kier molecular flexibility index (Phi) is 5.13. The van der Waals surface area contributed by atoms with E-state index < -0.39 is 0 Å². The zero-order valence-electron chi connectivity index (χ0n) is 13.6. The van der Waals surface area contributed by atoms with Gasteiger partial charge in [-0.1, -0.05) is 18.2 Å². The van der Waals surface area contributed by atoms with Crippen molar-refractivity contribution >= 4 is 11.6 Å². The van der Waals surface area contributed by atoms with E-state index in [9.17, 15) is 0 Å². The van der Waals surface area contributed by atoms with Crippen LogP contribution in [-0.2, 0) is 6.54 Å². The normalized spacial score (nSPS) is 15.8. The molecule has 0 radical (unpaired) electrons. The number of nitrogens with zero attached hydrogens (tertiary/aromatic N) is 5. The molecule has 2 aromatic rings. The van der Waals surface area contributed by atoms with Crippen molar-refractivity contribution in [2.24, 2.45) is 4.99 Å². The third-order valence-corrected chi connectivity index (χ3v) is 4.12. The van der Waals surface area contributed by atoms with Gasteiger partial charge in [-0.2, -0.15) is 0 Å². The second-order valence-electron chi connectivity index (χ2n) is 5.58. The standard InChI is InChI=1S/C17H24N6/c1-18-17(20-8-10-21-9-7-19-15-21)23-13-11-22(12-14-23)16-5-3-2-4-6-16/h2-7,9,15H,8,10-14H2,1H3,(H,18,20). The molecule has 6 heteroatoms. The van der Waals surface area contributed by atoms with Gasteiger partial charge in [0.2, 0.25) is 0 Å². The van der Waals surface area contributed by atoms with Gasteiger partial charge >= 0.3 is 0 Å². The summed E-state index contributed by atoms with van der Waals surface area (Å²) in [7, 11) is 1.85. The summed E-state index contributed by atoms with van der Waals surface area (Å²) in [5.41, 5.74) is 1.30. The van der Waals surface area contributed by atoms with Crippen LogP contribution < -0.4 is 10.2 Å².